The molecule has 1 aromatic rings. The highest BCUT2D eigenvalue weighted by molar-refractivity contribution is 5.26. The number of rotatable bonds is 3. The van der Waals surface area contributed by atoms with Crippen LogP contribution in [0, 0.1) is 0 Å². The average Bonchev–Trinajstić information content (AvgIpc) is 2.65. The number of hydrogen-bond donors (Lipinski definition) is 1. The molecule has 0 aromatic carbocycles. The molecule has 0 aliphatic carbocycles. The van der Waals surface area contributed by atoms with E-state index in [9.17, 15) is 0 Å². The largest absolute Gasteiger partial charge is 0.375 e. The summed E-state index contributed by atoms with van der Waals surface area (Å²) in [7, 11) is 0. The second-order valence-electron chi connectivity index (χ2n) is 4.94. The number of hydrogen-bond acceptors (Lipinski definition) is 3. The van der Waals surface area contributed by atoms with Crippen molar-refractivity contribution < 1.29 is 4.74 Å². The molecular formula is C12H21N3O. The fourth-order valence-corrected chi connectivity index (χ4v) is 2.34. The number of ether oxygens (including phenoxy) is 1. The first-order valence-corrected chi connectivity index (χ1v) is 6.03. The number of aromatic nitrogens is 2. The van der Waals surface area contributed by atoms with Crippen molar-refractivity contribution in [2.75, 3.05) is 18.5 Å². The van der Waals surface area contributed by atoms with Crippen molar-refractivity contribution in [3.63, 3.8) is 0 Å². The lowest BCUT2D eigenvalue weighted by molar-refractivity contribution is -0.0688. The van der Waals surface area contributed by atoms with Gasteiger partial charge >= 0.3 is 0 Å². The van der Waals surface area contributed by atoms with E-state index in [0.717, 1.165) is 31.9 Å². The van der Waals surface area contributed by atoms with Crippen LogP contribution < -0.4 is 5.32 Å². The molecule has 1 saturated heterocycles. The number of nitrogens with one attached hydrogen (secondary N) is 1. The van der Waals surface area contributed by atoms with Crippen molar-refractivity contribution in [1.29, 1.82) is 0 Å². The van der Waals surface area contributed by atoms with E-state index in [4.69, 9.17) is 4.74 Å². The minimum absolute atomic E-state index is 0.0172. The van der Waals surface area contributed by atoms with Crippen molar-refractivity contribution in [2.24, 2.45) is 0 Å². The molecule has 1 N–H and O–H groups in total. The van der Waals surface area contributed by atoms with E-state index in [1.54, 1.807) is 0 Å². The van der Waals surface area contributed by atoms with Crippen LogP contribution in [0.15, 0.2) is 12.4 Å². The normalized spacial score (nSPS) is 24.3. The molecule has 4 heteroatoms. The summed E-state index contributed by atoms with van der Waals surface area (Å²) >= 11 is 0. The molecule has 2 rings (SSSR count). The lowest BCUT2D eigenvalue weighted by Crippen LogP contribution is -2.35. The zero-order valence-corrected chi connectivity index (χ0v) is 10.4. The summed E-state index contributed by atoms with van der Waals surface area (Å²) < 4.78 is 7.98. The highest BCUT2D eigenvalue weighted by Gasteiger charge is 2.30. The van der Waals surface area contributed by atoms with E-state index in [2.05, 4.69) is 41.8 Å². The lowest BCUT2D eigenvalue weighted by Gasteiger charge is -2.36. The molecule has 2 heterocycles. The van der Waals surface area contributed by atoms with Crippen molar-refractivity contribution in [3.05, 3.63) is 12.4 Å². The first kappa shape index (κ1) is 11.5. The molecule has 0 saturated carbocycles. The highest BCUT2D eigenvalue weighted by atomic mass is 16.5. The topological polar surface area (TPSA) is 39.1 Å². The number of nitrogens with zero attached hydrogens (tertiary/aromatic N) is 2. The van der Waals surface area contributed by atoms with Crippen LogP contribution in [0.25, 0.3) is 0 Å². The van der Waals surface area contributed by atoms with E-state index in [1.807, 2.05) is 6.20 Å². The van der Waals surface area contributed by atoms with Crippen LogP contribution in [0.4, 0.5) is 5.95 Å². The van der Waals surface area contributed by atoms with Gasteiger partial charge < -0.3 is 14.6 Å². The van der Waals surface area contributed by atoms with Crippen LogP contribution in [-0.4, -0.2) is 28.3 Å². The van der Waals surface area contributed by atoms with Gasteiger partial charge in [-0.2, -0.15) is 0 Å². The second kappa shape index (κ2) is 4.45. The number of anilines is 1. The van der Waals surface area contributed by atoms with E-state index in [0.29, 0.717) is 6.04 Å². The maximum atomic E-state index is 5.74. The minimum Gasteiger partial charge on any atom is -0.375 e. The fraction of sp³-hybridized carbons (Fsp3) is 0.750. The van der Waals surface area contributed by atoms with E-state index in [-0.39, 0.29) is 5.60 Å². The molecular weight excluding hydrogens is 202 g/mol. The Morgan fingerprint density at radius 3 is 3.12 bits per heavy atom. The van der Waals surface area contributed by atoms with Gasteiger partial charge in [0.25, 0.3) is 0 Å². The Labute approximate surface area is 97.0 Å². The van der Waals surface area contributed by atoms with E-state index >= 15 is 0 Å². The summed E-state index contributed by atoms with van der Waals surface area (Å²) in [6.45, 7) is 8.14. The molecule has 1 atom stereocenters. The van der Waals surface area contributed by atoms with Gasteiger partial charge in [0.15, 0.2) is 0 Å². The summed E-state index contributed by atoms with van der Waals surface area (Å²) in [6, 6.07) is 0.500. The summed E-state index contributed by atoms with van der Waals surface area (Å²) in [5.41, 5.74) is -0.0172. The predicted molar refractivity (Wildman–Crippen MR) is 64.7 cm³/mol. The first-order valence-electron chi connectivity index (χ1n) is 6.03. The Kier molecular flexibility index (Phi) is 3.19. The second-order valence-corrected chi connectivity index (χ2v) is 4.94. The van der Waals surface area contributed by atoms with Gasteiger partial charge in [0.1, 0.15) is 0 Å². The zero-order valence-electron chi connectivity index (χ0n) is 10.4. The van der Waals surface area contributed by atoms with Crippen molar-refractivity contribution in [1.82, 2.24) is 9.55 Å². The van der Waals surface area contributed by atoms with Crippen LogP contribution in [0.3, 0.4) is 0 Å². The number of imidazole rings is 1. The van der Waals surface area contributed by atoms with Gasteiger partial charge in [0, 0.05) is 31.6 Å². The van der Waals surface area contributed by atoms with Crippen LogP contribution in [-0.2, 0) is 4.74 Å². The average molecular weight is 223 g/mol. The standard InChI is InChI=1S/C12H21N3O/c1-4-13-11-14-6-7-15(11)10-5-8-16-12(2,3)9-10/h6-7,10H,4-5,8-9H2,1-3H3,(H,13,14). The molecule has 0 radical (unpaired) electrons. The van der Waals surface area contributed by atoms with Gasteiger partial charge in [0.05, 0.1) is 5.60 Å². The monoisotopic (exact) mass is 223 g/mol. The molecule has 1 fully saturated rings. The van der Waals surface area contributed by atoms with Gasteiger partial charge in [-0.05, 0) is 33.6 Å². The molecule has 0 amide bonds. The summed E-state index contributed by atoms with van der Waals surface area (Å²) in [6.07, 6.45) is 6.03. The molecule has 4 nitrogen and oxygen atoms in total. The Morgan fingerprint density at radius 2 is 2.44 bits per heavy atom. The van der Waals surface area contributed by atoms with Crippen LogP contribution >= 0.6 is 0 Å². The minimum atomic E-state index is -0.0172. The molecule has 0 spiro atoms. The van der Waals surface area contributed by atoms with Crippen molar-refractivity contribution in [2.45, 2.75) is 45.3 Å². The summed E-state index contributed by atoms with van der Waals surface area (Å²) in [4.78, 5) is 4.34. The van der Waals surface area contributed by atoms with Crippen molar-refractivity contribution >= 4 is 5.95 Å². The Hall–Kier alpha value is -1.03. The Bertz CT molecular complexity index is 346. The Morgan fingerprint density at radius 1 is 1.62 bits per heavy atom. The van der Waals surface area contributed by atoms with Crippen LogP contribution in [0.1, 0.15) is 39.7 Å². The zero-order chi connectivity index (χ0) is 11.6. The van der Waals surface area contributed by atoms with E-state index in [1.165, 1.54) is 0 Å². The van der Waals surface area contributed by atoms with Crippen LogP contribution in [0.2, 0.25) is 0 Å². The SMILES string of the molecule is CCNc1nccn1C1CCOC(C)(C)C1. The maximum absolute atomic E-state index is 5.74. The third-order valence-electron chi connectivity index (χ3n) is 3.07. The van der Waals surface area contributed by atoms with Gasteiger partial charge in [-0.25, -0.2) is 4.98 Å². The lowest BCUT2D eigenvalue weighted by atomic mass is 9.94. The molecule has 1 unspecified atom stereocenters. The third-order valence-corrected chi connectivity index (χ3v) is 3.07. The molecule has 1 aliphatic heterocycles. The van der Waals surface area contributed by atoms with Gasteiger partial charge in [-0.3, -0.25) is 0 Å². The van der Waals surface area contributed by atoms with Gasteiger partial charge in [-0.15, -0.1) is 0 Å². The Balaban J connectivity index is 2.13. The maximum Gasteiger partial charge on any atom is 0.203 e. The third kappa shape index (κ3) is 2.38. The molecule has 1 aromatic heterocycles. The smallest absolute Gasteiger partial charge is 0.203 e. The predicted octanol–water partition coefficient (Wildman–Crippen LogP) is 2.45. The van der Waals surface area contributed by atoms with E-state index < -0.39 is 0 Å². The molecule has 90 valence electrons. The summed E-state index contributed by atoms with van der Waals surface area (Å²) in [5.74, 6) is 0.977. The fourth-order valence-electron chi connectivity index (χ4n) is 2.34. The quantitative estimate of drug-likeness (QED) is 0.855. The molecule has 0 bridgehead atoms. The molecule has 1 aliphatic rings. The van der Waals surface area contributed by atoms with Crippen molar-refractivity contribution in [3.8, 4) is 0 Å². The van der Waals surface area contributed by atoms with Gasteiger partial charge in [-0.1, -0.05) is 0 Å². The first-order chi connectivity index (χ1) is 7.62. The molecule has 16 heavy (non-hydrogen) atoms. The summed E-state index contributed by atoms with van der Waals surface area (Å²) in [5, 5.41) is 3.29. The van der Waals surface area contributed by atoms with Gasteiger partial charge in [0.2, 0.25) is 5.95 Å². The van der Waals surface area contributed by atoms with Crippen LogP contribution in [0.5, 0.6) is 0 Å². The highest BCUT2D eigenvalue weighted by Crippen LogP contribution is 2.33.